The van der Waals surface area contributed by atoms with Crippen molar-refractivity contribution < 1.29 is 9.53 Å². The standard InChI is InChI=1S/C21H26N4O3.C2H6/c1-6-23(20(27)28-21(3,4)5)14-17-22-24-13-12-15(2)18(24)19(26)25(17)16-10-8-7-9-11-16;1-2/h7-13H,6,14H2,1-5H3;1-2H3. The molecule has 0 fully saturated rings. The Morgan fingerprint density at radius 1 is 1.13 bits per heavy atom. The van der Waals surface area contributed by atoms with E-state index >= 15 is 0 Å². The number of hydrogen-bond acceptors (Lipinski definition) is 4. The Hall–Kier alpha value is -3.09. The first-order valence-corrected chi connectivity index (χ1v) is 10.3. The van der Waals surface area contributed by atoms with E-state index in [9.17, 15) is 9.59 Å². The van der Waals surface area contributed by atoms with Gasteiger partial charge in [-0.05, 0) is 58.4 Å². The highest BCUT2D eigenvalue weighted by Gasteiger charge is 2.24. The Kier molecular flexibility index (Phi) is 7.43. The van der Waals surface area contributed by atoms with Crippen LogP contribution in [-0.2, 0) is 11.3 Å². The highest BCUT2D eigenvalue weighted by molar-refractivity contribution is 5.68. The van der Waals surface area contributed by atoms with Crippen LogP contribution >= 0.6 is 0 Å². The highest BCUT2D eigenvalue weighted by Crippen LogP contribution is 2.15. The number of amides is 1. The van der Waals surface area contributed by atoms with Crippen LogP contribution in [0.5, 0.6) is 0 Å². The number of fused-ring (bicyclic) bond motifs is 1. The van der Waals surface area contributed by atoms with E-state index in [0.29, 0.717) is 23.6 Å². The summed E-state index contributed by atoms with van der Waals surface area (Å²) in [6.07, 6.45) is 1.32. The maximum absolute atomic E-state index is 13.3. The molecule has 0 bridgehead atoms. The number of para-hydroxylation sites is 1. The molecule has 0 aliphatic rings. The Morgan fingerprint density at radius 2 is 1.77 bits per heavy atom. The molecule has 30 heavy (non-hydrogen) atoms. The molecular formula is C23H32N4O3. The molecule has 0 atom stereocenters. The Balaban J connectivity index is 0.00000155. The fourth-order valence-electron chi connectivity index (χ4n) is 3.01. The third-order valence-corrected chi connectivity index (χ3v) is 4.34. The molecule has 1 aromatic carbocycles. The number of carbonyl (C=O) groups is 1. The molecule has 2 heterocycles. The van der Waals surface area contributed by atoms with Crippen molar-refractivity contribution in [3.05, 3.63) is 64.3 Å². The molecular weight excluding hydrogens is 380 g/mol. The van der Waals surface area contributed by atoms with Crippen LogP contribution in [0.1, 0.15) is 52.9 Å². The van der Waals surface area contributed by atoms with Gasteiger partial charge in [-0.2, -0.15) is 5.10 Å². The topological polar surface area (TPSA) is 68.8 Å². The molecule has 2 aromatic heterocycles. The zero-order valence-electron chi connectivity index (χ0n) is 19.0. The Bertz CT molecular complexity index is 1050. The number of aryl methyl sites for hydroxylation is 1. The monoisotopic (exact) mass is 412 g/mol. The van der Waals surface area contributed by atoms with Crippen LogP contribution in [0, 0.1) is 6.92 Å². The lowest BCUT2D eigenvalue weighted by Crippen LogP contribution is -2.38. The lowest BCUT2D eigenvalue weighted by molar-refractivity contribution is 0.0237. The van der Waals surface area contributed by atoms with Crippen molar-refractivity contribution in [2.45, 2.75) is 60.6 Å². The van der Waals surface area contributed by atoms with Crippen LogP contribution in [0.4, 0.5) is 4.79 Å². The molecule has 3 aromatic rings. The van der Waals surface area contributed by atoms with Crippen LogP contribution < -0.4 is 5.56 Å². The zero-order chi connectivity index (χ0) is 22.5. The molecule has 0 unspecified atom stereocenters. The number of aromatic nitrogens is 3. The van der Waals surface area contributed by atoms with Gasteiger partial charge < -0.3 is 9.64 Å². The first-order valence-electron chi connectivity index (χ1n) is 10.3. The predicted molar refractivity (Wildman–Crippen MR) is 119 cm³/mol. The van der Waals surface area contributed by atoms with E-state index in [4.69, 9.17) is 4.74 Å². The summed E-state index contributed by atoms with van der Waals surface area (Å²) in [5.41, 5.74) is 1.32. The van der Waals surface area contributed by atoms with Crippen LogP contribution in [0.25, 0.3) is 11.2 Å². The second-order valence-electron chi connectivity index (χ2n) is 7.68. The van der Waals surface area contributed by atoms with E-state index < -0.39 is 11.7 Å². The van der Waals surface area contributed by atoms with Crippen molar-refractivity contribution in [3.63, 3.8) is 0 Å². The molecule has 3 rings (SSSR count). The van der Waals surface area contributed by atoms with Crippen molar-refractivity contribution in [3.8, 4) is 5.69 Å². The lowest BCUT2D eigenvalue weighted by atomic mass is 10.2. The first kappa shape index (κ1) is 23.2. The largest absolute Gasteiger partial charge is 0.444 e. The summed E-state index contributed by atoms with van der Waals surface area (Å²) in [6.45, 7) is 13.8. The molecule has 0 aliphatic carbocycles. The molecule has 0 aliphatic heterocycles. The normalized spacial score (nSPS) is 11.0. The van der Waals surface area contributed by atoms with Gasteiger partial charge in [0.25, 0.3) is 5.56 Å². The van der Waals surface area contributed by atoms with E-state index in [-0.39, 0.29) is 12.1 Å². The number of ether oxygens (including phenoxy) is 1. The van der Waals surface area contributed by atoms with Crippen molar-refractivity contribution >= 4 is 11.6 Å². The predicted octanol–water partition coefficient (Wildman–Crippen LogP) is 4.58. The van der Waals surface area contributed by atoms with Crippen LogP contribution in [0.3, 0.4) is 0 Å². The maximum atomic E-state index is 13.3. The number of hydrogen-bond donors (Lipinski definition) is 0. The Morgan fingerprint density at radius 3 is 2.33 bits per heavy atom. The molecule has 1 amide bonds. The van der Waals surface area contributed by atoms with Crippen LogP contribution in [-0.4, -0.2) is 37.3 Å². The van der Waals surface area contributed by atoms with Gasteiger partial charge in [-0.1, -0.05) is 32.0 Å². The van der Waals surface area contributed by atoms with Gasteiger partial charge >= 0.3 is 6.09 Å². The second-order valence-corrected chi connectivity index (χ2v) is 7.68. The van der Waals surface area contributed by atoms with Gasteiger partial charge in [-0.25, -0.2) is 9.31 Å². The van der Waals surface area contributed by atoms with Gasteiger partial charge in [-0.3, -0.25) is 9.36 Å². The zero-order valence-corrected chi connectivity index (χ0v) is 19.0. The van der Waals surface area contributed by atoms with Crippen molar-refractivity contribution in [1.82, 2.24) is 19.1 Å². The summed E-state index contributed by atoms with van der Waals surface area (Å²) >= 11 is 0. The van der Waals surface area contributed by atoms with Gasteiger partial charge in [0, 0.05) is 12.7 Å². The number of carbonyl (C=O) groups excluding carboxylic acids is 1. The van der Waals surface area contributed by atoms with Gasteiger partial charge in [0.05, 0.1) is 12.2 Å². The number of benzene rings is 1. The summed E-state index contributed by atoms with van der Waals surface area (Å²) in [7, 11) is 0. The van der Waals surface area contributed by atoms with E-state index in [1.807, 2.05) is 84.9 Å². The minimum atomic E-state index is -0.599. The number of rotatable bonds is 4. The van der Waals surface area contributed by atoms with Crippen molar-refractivity contribution in [1.29, 1.82) is 0 Å². The third-order valence-electron chi connectivity index (χ3n) is 4.34. The molecule has 0 N–H and O–H groups in total. The summed E-state index contributed by atoms with van der Waals surface area (Å²) in [4.78, 5) is 27.4. The van der Waals surface area contributed by atoms with Gasteiger partial charge in [0.2, 0.25) is 0 Å². The molecule has 0 radical (unpaired) electrons. The minimum absolute atomic E-state index is 0.155. The Labute approximate surface area is 177 Å². The maximum Gasteiger partial charge on any atom is 0.410 e. The molecule has 7 heteroatoms. The summed E-state index contributed by atoms with van der Waals surface area (Å²) in [6, 6.07) is 11.2. The average Bonchev–Trinajstić information content (AvgIpc) is 3.08. The summed E-state index contributed by atoms with van der Waals surface area (Å²) in [5, 5.41) is 4.63. The molecule has 0 spiro atoms. The van der Waals surface area contributed by atoms with Crippen molar-refractivity contribution in [2.24, 2.45) is 0 Å². The van der Waals surface area contributed by atoms with Crippen molar-refractivity contribution in [2.75, 3.05) is 6.54 Å². The second kappa shape index (κ2) is 9.61. The third kappa shape index (κ3) is 5.09. The van der Waals surface area contributed by atoms with Gasteiger partial charge in [0.1, 0.15) is 11.1 Å². The molecule has 162 valence electrons. The van der Waals surface area contributed by atoms with Gasteiger partial charge in [-0.15, -0.1) is 0 Å². The first-order chi connectivity index (χ1) is 14.2. The van der Waals surface area contributed by atoms with E-state index in [2.05, 4.69) is 5.10 Å². The lowest BCUT2D eigenvalue weighted by Gasteiger charge is -2.27. The molecule has 7 nitrogen and oxygen atoms in total. The van der Waals surface area contributed by atoms with Crippen LogP contribution in [0.2, 0.25) is 0 Å². The van der Waals surface area contributed by atoms with Crippen LogP contribution in [0.15, 0.2) is 47.4 Å². The fraction of sp³-hybridized carbons (Fsp3) is 0.435. The quantitative estimate of drug-likeness (QED) is 0.629. The van der Waals surface area contributed by atoms with E-state index in [1.165, 1.54) is 4.90 Å². The number of nitrogens with zero attached hydrogens (tertiary/aromatic N) is 4. The smallest absolute Gasteiger partial charge is 0.410 e. The van der Waals surface area contributed by atoms with E-state index in [0.717, 1.165) is 5.56 Å². The average molecular weight is 413 g/mol. The van der Waals surface area contributed by atoms with Gasteiger partial charge in [0.15, 0.2) is 5.82 Å². The SMILES string of the molecule is CC.CCN(Cc1nn2ccc(C)c2c(=O)n1-c1ccccc1)C(=O)OC(C)(C)C. The minimum Gasteiger partial charge on any atom is -0.444 e. The molecule has 0 saturated heterocycles. The fourth-order valence-corrected chi connectivity index (χ4v) is 3.01. The van der Waals surface area contributed by atoms with E-state index in [1.54, 1.807) is 15.3 Å². The highest BCUT2D eigenvalue weighted by atomic mass is 16.6. The summed E-state index contributed by atoms with van der Waals surface area (Å²) in [5.74, 6) is 0.465. The summed E-state index contributed by atoms with van der Waals surface area (Å²) < 4.78 is 8.64. The molecule has 0 saturated carbocycles.